The molecule has 0 radical (unpaired) electrons. The van der Waals surface area contributed by atoms with E-state index in [4.69, 9.17) is 11.6 Å². The van der Waals surface area contributed by atoms with Crippen molar-refractivity contribution in [3.8, 4) is 0 Å². The van der Waals surface area contributed by atoms with Crippen LogP contribution in [0.4, 0.5) is 0 Å². The van der Waals surface area contributed by atoms with Crippen LogP contribution in [-0.4, -0.2) is 5.24 Å². The van der Waals surface area contributed by atoms with Crippen LogP contribution in [0.25, 0.3) is 0 Å². The smallest absolute Gasteiger partial charge is 0.252 e. The van der Waals surface area contributed by atoms with Crippen LogP contribution in [0.15, 0.2) is 24.3 Å². The van der Waals surface area contributed by atoms with Gasteiger partial charge in [-0.05, 0) is 47.9 Å². The molecule has 1 rings (SSSR count). The predicted molar refractivity (Wildman–Crippen MR) is 78.3 cm³/mol. The molecule has 0 N–H and O–H groups in total. The van der Waals surface area contributed by atoms with E-state index < -0.39 is 0 Å². The first kappa shape index (κ1) is 15.2. The molecule has 18 heavy (non-hydrogen) atoms. The number of benzene rings is 1. The van der Waals surface area contributed by atoms with Crippen molar-refractivity contribution in [3.63, 3.8) is 0 Å². The molecule has 0 aromatic heterocycles. The summed E-state index contributed by atoms with van der Waals surface area (Å²) < 4.78 is 0. The largest absolute Gasteiger partial charge is 0.276 e. The molecule has 0 spiro atoms. The van der Waals surface area contributed by atoms with Crippen molar-refractivity contribution in [3.05, 3.63) is 35.4 Å². The highest BCUT2D eigenvalue weighted by Gasteiger charge is 2.16. The molecule has 0 saturated carbocycles. The van der Waals surface area contributed by atoms with E-state index in [0.717, 1.165) is 24.3 Å². The third kappa shape index (κ3) is 4.45. The zero-order chi connectivity index (χ0) is 13.5. The Morgan fingerprint density at radius 1 is 1.22 bits per heavy atom. The molecule has 2 heteroatoms. The first-order valence-corrected chi connectivity index (χ1v) is 7.22. The number of halogens is 1. The van der Waals surface area contributed by atoms with Crippen LogP contribution in [0.3, 0.4) is 0 Å². The molecule has 1 atom stereocenters. The molecule has 0 aliphatic rings. The molecule has 0 bridgehead atoms. The van der Waals surface area contributed by atoms with Crippen molar-refractivity contribution in [2.45, 2.75) is 52.4 Å². The van der Waals surface area contributed by atoms with Gasteiger partial charge in [-0.1, -0.05) is 51.8 Å². The molecule has 0 aliphatic heterocycles. The lowest BCUT2D eigenvalue weighted by Crippen LogP contribution is -2.05. The minimum atomic E-state index is -0.340. The highest BCUT2D eigenvalue weighted by molar-refractivity contribution is 6.67. The van der Waals surface area contributed by atoms with Crippen LogP contribution in [0.1, 0.15) is 68.3 Å². The van der Waals surface area contributed by atoms with Crippen LogP contribution >= 0.6 is 11.6 Å². The normalized spacial score (nSPS) is 12.7. The second-order valence-corrected chi connectivity index (χ2v) is 5.63. The maximum absolute atomic E-state index is 11.4. The molecular formula is C16H23ClO. The van der Waals surface area contributed by atoms with Gasteiger partial charge in [0.1, 0.15) is 0 Å². The highest BCUT2D eigenvalue weighted by atomic mass is 35.5. The van der Waals surface area contributed by atoms with Crippen molar-refractivity contribution in [1.29, 1.82) is 0 Å². The lowest BCUT2D eigenvalue weighted by Gasteiger charge is -2.18. The average Bonchev–Trinajstić information content (AvgIpc) is 2.34. The first-order chi connectivity index (χ1) is 8.56. The quantitative estimate of drug-likeness (QED) is 0.605. The maximum Gasteiger partial charge on any atom is 0.252 e. The Kier molecular flexibility index (Phi) is 6.42. The topological polar surface area (TPSA) is 17.1 Å². The molecule has 1 aromatic carbocycles. The van der Waals surface area contributed by atoms with Crippen LogP contribution in [0.5, 0.6) is 0 Å². The summed E-state index contributed by atoms with van der Waals surface area (Å²) in [4.78, 5) is 11.4. The summed E-state index contributed by atoms with van der Waals surface area (Å²) in [5.41, 5.74) is 1.79. The molecule has 1 unspecified atom stereocenters. The van der Waals surface area contributed by atoms with E-state index in [1.54, 1.807) is 0 Å². The van der Waals surface area contributed by atoms with E-state index in [-0.39, 0.29) is 5.24 Å². The lowest BCUT2D eigenvalue weighted by atomic mass is 9.87. The summed E-state index contributed by atoms with van der Waals surface area (Å²) in [6.07, 6.45) is 4.64. The molecule has 0 heterocycles. The van der Waals surface area contributed by atoms with Gasteiger partial charge in [-0.25, -0.2) is 0 Å². The minimum Gasteiger partial charge on any atom is -0.276 e. The van der Waals surface area contributed by atoms with Gasteiger partial charge in [0, 0.05) is 5.56 Å². The molecule has 0 aliphatic carbocycles. The minimum absolute atomic E-state index is 0.340. The van der Waals surface area contributed by atoms with Crippen molar-refractivity contribution >= 4 is 16.8 Å². The molecular weight excluding hydrogens is 244 g/mol. The third-order valence-corrected chi connectivity index (χ3v) is 3.64. The van der Waals surface area contributed by atoms with Crippen molar-refractivity contribution in [2.75, 3.05) is 0 Å². The number of hydrogen-bond acceptors (Lipinski definition) is 1. The van der Waals surface area contributed by atoms with E-state index in [1.807, 2.05) is 24.3 Å². The molecule has 1 nitrogen and oxygen atoms in total. The Hall–Kier alpha value is -0.820. The fraction of sp³-hybridized carbons (Fsp3) is 0.562. The summed E-state index contributed by atoms with van der Waals surface area (Å²) in [5.74, 6) is 1.19. The Bertz CT molecular complexity index is 384. The van der Waals surface area contributed by atoms with Gasteiger partial charge < -0.3 is 0 Å². The van der Waals surface area contributed by atoms with Crippen LogP contribution in [-0.2, 0) is 0 Å². The van der Waals surface area contributed by atoms with E-state index in [1.165, 1.54) is 12.8 Å². The fourth-order valence-corrected chi connectivity index (χ4v) is 2.56. The van der Waals surface area contributed by atoms with Crippen molar-refractivity contribution in [2.24, 2.45) is 5.92 Å². The standard InChI is InChI=1S/C16H23ClO/c1-4-13(9-7-8-12(2)3)14-10-5-6-11-15(14)16(17)18/h5-6,10-13H,4,7-9H2,1-3H3. The van der Waals surface area contributed by atoms with E-state index in [2.05, 4.69) is 20.8 Å². The number of carbonyl (C=O) groups excluding carboxylic acids is 1. The van der Waals surface area contributed by atoms with Crippen LogP contribution < -0.4 is 0 Å². The second kappa shape index (κ2) is 7.58. The first-order valence-electron chi connectivity index (χ1n) is 6.85. The van der Waals surface area contributed by atoms with E-state index >= 15 is 0 Å². The van der Waals surface area contributed by atoms with E-state index in [0.29, 0.717) is 11.5 Å². The van der Waals surface area contributed by atoms with Gasteiger partial charge in [0.05, 0.1) is 0 Å². The Morgan fingerprint density at radius 2 is 1.89 bits per heavy atom. The summed E-state index contributed by atoms with van der Waals surface area (Å²) in [5, 5.41) is -0.340. The van der Waals surface area contributed by atoms with Gasteiger partial charge in [0.25, 0.3) is 5.24 Å². The fourth-order valence-electron chi connectivity index (χ4n) is 2.38. The second-order valence-electron chi connectivity index (χ2n) is 5.29. The zero-order valence-electron chi connectivity index (χ0n) is 11.6. The van der Waals surface area contributed by atoms with Gasteiger partial charge in [0.15, 0.2) is 0 Å². The number of carbonyl (C=O) groups is 1. The zero-order valence-corrected chi connectivity index (χ0v) is 12.3. The van der Waals surface area contributed by atoms with Gasteiger partial charge >= 0.3 is 0 Å². The summed E-state index contributed by atoms with van der Waals surface area (Å²) in [6.45, 7) is 6.67. The average molecular weight is 267 g/mol. The molecule has 1 aromatic rings. The summed E-state index contributed by atoms with van der Waals surface area (Å²) >= 11 is 5.65. The Balaban J connectivity index is 2.78. The lowest BCUT2D eigenvalue weighted by molar-refractivity contribution is 0.108. The third-order valence-electron chi connectivity index (χ3n) is 3.44. The Labute approximate surface area is 116 Å². The van der Waals surface area contributed by atoms with Crippen molar-refractivity contribution < 1.29 is 4.79 Å². The molecule has 0 saturated heterocycles. The van der Waals surface area contributed by atoms with Gasteiger partial charge in [-0.3, -0.25) is 4.79 Å². The number of rotatable bonds is 7. The summed E-state index contributed by atoms with van der Waals surface area (Å²) in [7, 11) is 0. The molecule has 100 valence electrons. The molecule has 0 fully saturated rings. The van der Waals surface area contributed by atoms with Crippen LogP contribution in [0.2, 0.25) is 0 Å². The Morgan fingerprint density at radius 3 is 2.44 bits per heavy atom. The van der Waals surface area contributed by atoms with Crippen LogP contribution in [0, 0.1) is 5.92 Å². The predicted octanol–water partition coefficient (Wildman–Crippen LogP) is 5.39. The van der Waals surface area contributed by atoms with Crippen molar-refractivity contribution in [1.82, 2.24) is 0 Å². The number of hydrogen-bond donors (Lipinski definition) is 0. The van der Waals surface area contributed by atoms with Gasteiger partial charge in [0.2, 0.25) is 0 Å². The molecule has 0 amide bonds. The SMILES string of the molecule is CCC(CCCC(C)C)c1ccccc1C(=O)Cl. The summed E-state index contributed by atoms with van der Waals surface area (Å²) in [6, 6.07) is 7.73. The highest BCUT2D eigenvalue weighted by Crippen LogP contribution is 2.29. The van der Waals surface area contributed by atoms with Gasteiger partial charge in [-0.15, -0.1) is 0 Å². The van der Waals surface area contributed by atoms with Gasteiger partial charge in [-0.2, -0.15) is 0 Å². The van der Waals surface area contributed by atoms with E-state index in [9.17, 15) is 4.79 Å². The monoisotopic (exact) mass is 266 g/mol. The maximum atomic E-state index is 11.4.